The van der Waals surface area contributed by atoms with Gasteiger partial charge in [-0.05, 0) is 44.9 Å². The fraction of sp³-hybridized carbons (Fsp3) is 0.500. The second-order valence-electron chi connectivity index (χ2n) is 9.74. The normalized spacial score (nSPS) is 21.3. The predicted octanol–water partition coefficient (Wildman–Crippen LogP) is 4.79. The van der Waals surface area contributed by atoms with Crippen molar-refractivity contribution in [3.05, 3.63) is 66.2 Å². The Morgan fingerprint density at radius 1 is 1.03 bits per heavy atom. The van der Waals surface area contributed by atoms with Gasteiger partial charge < -0.3 is 14.4 Å². The first kappa shape index (κ1) is 21.7. The number of hydrogen-bond donors (Lipinski definition) is 0. The molecule has 2 atom stereocenters. The minimum Gasteiger partial charge on any atom is -0.492 e. The summed E-state index contributed by atoms with van der Waals surface area (Å²) in [4.78, 5) is 17.4. The van der Waals surface area contributed by atoms with Crippen molar-refractivity contribution in [2.75, 3.05) is 32.8 Å². The summed E-state index contributed by atoms with van der Waals surface area (Å²) in [7, 11) is 0. The van der Waals surface area contributed by atoms with E-state index in [0.29, 0.717) is 18.4 Å². The van der Waals surface area contributed by atoms with Gasteiger partial charge in [0.05, 0.1) is 0 Å². The van der Waals surface area contributed by atoms with Crippen LogP contribution in [-0.4, -0.2) is 60.3 Å². The van der Waals surface area contributed by atoms with Crippen molar-refractivity contribution >= 4 is 6.09 Å². The molecule has 0 bridgehead atoms. The van der Waals surface area contributed by atoms with Crippen LogP contribution in [0.2, 0.25) is 0 Å². The molecule has 31 heavy (non-hydrogen) atoms. The Morgan fingerprint density at radius 2 is 1.68 bits per heavy atom. The van der Waals surface area contributed by atoms with Gasteiger partial charge in [0, 0.05) is 44.1 Å². The molecule has 0 spiro atoms. The Hall–Kier alpha value is -2.53. The van der Waals surface area contributed by atoms with Crippen molar-refractivity contribution < 1.29 is 14.3 Å². The van der Waals surface area contributed by atoms with E-state index in [-0.39, 0.29) is 12.1 Å². The molecule has 2 aromatic rings. The van der Waals surface area contributed by atoms with Crippen LogP contribution < -0.4 is 4.74 Å². The van der Waals surface area contributed by atoms with Crippen LogP contribution in [0.3, 0.4) is 0 Å². The Bertz CT molecular complexity index is 844. The highest BCUT2D eigenvalue weighted by Crippen LogP contribution is 2.45. The molecule has 2 fully saturated rings. The zero-order valence-corrected chi connectivity index (χ0v) is 18.9. The molecule has 1 saturated heterocycles. The van der Waals surface area contributed by atoms with Crippen molar-refractivity contribution in [1.29, 1.82) is 0 Å². The molecule has 1 amide bonds. The van der Waals surface area contributed by atoms with Crippen LogP contribution in [0.15, 0.2) is 60.7 Å². The van der Waals surface area contributed by atoms with Gasteiger partial charge in [0.15, 0.2) is 0 Å². The lowest BCUT2D eigenvalue weighted by atomic mass is 9.99. The zero-order valence-electron chi connectivity index (χ0n) is 18.9. The van der Waals surface area contributed by atoms with E-state index in [4.69, 9.17) is 9.47 Å². The van der Waals surface area contributed by atoms with Crippen LogP contribution in [0, 0.1) is 5.92 Å². The van der Waals surface area contributed by atoms with Crippen LogP contribution in [-0.2, 0) is 4.74 Å². The number of hydrogen-bond acceptors (Lipinski definition) is 4. The molecule has 166 valence electrons. The molecular formula is C26H34N2O3. The molecule has 0 radical (unpaired) electrons. The summed E-state index contributed by atoms with van der Waals surface area (Å²) in [5.41, 5.74) is 0.835. The Morgan fingerprint density at radius 3 is 2.32 bits per heavy atom. The summed E-state index contributed by atoms with van der Waals surface area (Å²) in [6.45, 7) is 10.2. The van der Waals surface area contributed by atoms with Crippen molar-refractivity contribution in [2.24, 2.45) is 5.92 Å². The first-order valence-electron chi connectivity index (χ1n) is 11.3. The molecule has 1 aliphatic heterocycles. The predicted molar refractivity (Wildman–Crippen MR) is 122 cm³/mol. The molecule has 1 heterocycles. The van der Waals surface area contributed by atoms with Gasteiger partial charge >= 0.3 is 6.09 Å². The monoisotopic (exact) mass is 422 g/mol. The maximum atomic E-state index is 13.0. The first-order valence-corrected chi connectivity index (χ1v) is 11.3. The minimum absolute atomic E-state index is 0.179. The molecule has 5 heteroatoms. The van der Waals surface area contributed by atoms with Gasteiger partial charge in [0.1, 0.15) is 18.0 Å². The third-order valence-electron chi connectivity index (χ3n) is 5.92. The highest BCUT2D eigenvalue weighted by atomic mass is 16.6. The maximum absolute atomic E-state index is 13.0. The molecule has 1 aliphatic carbocycles. The molecule has 5 nitrogen and oxygen atoms in total. The Kier molecular flexibility index (Phi) is 6.51. The van der Waals surface area contributed by atoms with Gasteiger partial charge in [0.2, 0.25) is 0 Å². The fourth-order valence-electron chi connectivity index (χ4n) is 4.31. The maximum Gasteiger partial charge on any atom is 0.410 e. The average Bonchev–Trinajstić information content (AvgIpc) is 3.49. The molecule has 2 aliphatic rings. The molecule has 0 N–H and O–H groups in total. The number of benzene rings is 2. The summed E-state index contributed by atoms with van der Waals surface area (Å²) < 4.78 is 11.6. The summed E-state index contributed by atoms with van der Waals surface area (Å²) >= 11 is 0. The smallest absolute Gasteiger partial charge is 0.410 e. The van der Waals surface area contributed by atoms with Crippen LogP contribution in [0.4, 0.5) is 4.79 Å². The summed E-state index contributed by atoms with van der Waals surface area (Å²) in [5, 5.41) is 0. The SMILES string of the molecule is CC(C)(C)OC(=O)N(CC1CN(CCOc2ccccc2)C1)C1CC1c1ccccc1. The number of amides is 1. The van der Waals surface area contributed by atoms with Crippen LogP contribution >= 0.6 is 0 Å². The lowest BCUT2D eigenvalue weighted by molar-refractivity contribution is 0.00602. The number of rotatable bonds is 8. The fourth-order valence-corrected chi connectivity index (χ4v) is 4.31. The minimum atomic E-state index is -0.479. The Labute approximate surface area is 185 Å². The van der Waals surface area contributed by atoms with Gasteiger partial charge in [-0.15, -0.1) is 0 Å². The van der Waals surface area contributed by atoms with E-state index >= 15 is 0 Å². The average molecular weight is 423 g/mol. The lowest BCUT2D eigenvalue weighted by Gasteiger charge is -2.42. The standard InChI is InChI=1S/C26H34N2O3/c1-26(2,3)31-25(29)28(24-16-23(24)21-10-6-4-7-11-21)19-20-17-27(18-20)14-15-30-22-12-8-5-9-13-22/h4-13,20,23-24H,14-19H2,1-3H3. The second kappa shape index (κ2) is 9.31. The van der Waals surface area contributed by atoms with E-state index in [0.717, 1.165) is 38.3 Å². The quantitative estimate of drug-likeness (QED) is 0.613. The highest BCUT2D eigenvalue weighted by Gasteiger charge is 2.47. The molecule has 2 aromatic carbocycles. The largest absolute Gasteiger partial charge is 0.492 e. The van der Waals surface area contributed by atoms with E-state index in [1.807, 2.05) is 62.1 Å². The number of para-hydroxylation sites is 1. The van der Waals surface area contributed by atoms with Crippen molar-refractivity contribution in [3.63, 3.8) is 0 Å². The molecular weight excluding hydrogens is 388 g/mol. The second-order valence-corrected chi connectivity index (χ2v) is 9.74. The van der Waals surface area contributed by atoms with Crippen LogP contribution in [0.25, 0.3) is 0 Å². The number of likely N-dealkylation sites (tertiary alicyclic amines) is 1. The third-order valence-corrected chi connectivity index (χ3v) is 5.92. The lowest BCUT2D eigenvalue weighted by Crippen LogP contribution is -2.54. The molecule has 4 rings (SSSR count). The van der Waals surface area contributed by atoms with Crippen molar-refractivity contribution in [2.45, 2.75) is 44.8 Å². The van der Waals surface area contributed by atoms with E-state index in [1.165, 1.54) is 5.56 Å². The van der Waals surface area contributed by atoms with Crippen molar-refractivity contribution in [3.8, 4) is 5.75 Å². The topological polar surface area (TPSA) is 42.0 Å². The van der Waals surface area contributed by atoms with Crippen LogP contribution in [0.1, 0.15) is 38.7 Å². The van der Waals surface area contributed by atoms with Gasteiger partial charge in [0.25, 0.3) is 0 Å². The van der Waals surface area contributed by atoms with E-state index in [2.05, 4.69) is 29.2 Å². The van der Waals surface area contributed by atoms with E-state index in [9.17, 15) is 4.79 Å². The summed E-state index contributed by atoms with van der Waals surface area (Å²) in [6, 6.07) is 20.7. The summed E-state index contributed by atoms with van der Waals surface area (Å²) in [5.74, 6) is 1.82. The van der Waals surface area contributed by atoms with Gasteiger partial charge in [-0.2, -0.15) is 0 Å². The first-order chi connectivity index (χ1) is 14.9. The van der Waals surface area contributed by atoms with Gasteiger partial charge in [-0.25, -0.2) is 4.79 Å². The van der Waals surface area contributed by atoms with Crippen LogP contribution in [0.5, 0.6) is 5.75 Å². The highest BCUT2D eigenvalue weighted by molar-refractivity contribution is 5.69. The molecule has 2 unspecified atom stereocenters. The number of nitrogens with zero attached hydrogens (tertiary/aromatic N) is 2. The number of ether oxygens (including phenoxy) is 2. The molecule has 0 aromatic heterocycles. The van der Waals surface area contributed by atoms with Crippen molar-refractivity contribution in [1.82, 2.24) is 9.80 Å². The molecule has 1 saturated carbocycles. The summed E-state index contributed by atoms with van der Waals surface area (Å²) in [6.07, 6.45) is 0.840. The zero-order chi connectivity index (χ0) is 21.8. The van der Waals surface area contributed by atoms with Gasteiger partial charge in [-0.3, -0.25) is 4.90 Å². The Balaban J connectivity index is 1.27. The van der Waals surface area contributed by atoms with E-state index in [1.54, 1.807) is 0 Å². The third kappa shape index (κ3) is 6.01. The number of carbonyl (C=O) groups is 1. The number of carbonyl (C=O) groups excluding carboxylic acids is 1. The van der Waals surface area contributed by atoms with E-state index < -0.39 is 5.60 Å². The van der Waals surface area contributed by atoms with Gasteiger partial charge in [-0.1, -0.05) is 48.5 Å².